The summed E-state index contributed by atoms with van der Waals surface area (Å²) in [4.78, 5) is 25.9. The van der Waals surface area contributed by atoms with Gasteiger partial charge >= 0.3 is 0 Å². The summed E-state index contributed by atoms with van der Waals surface area (Å²) < 4.78 is 5.43. The second-order valence-corrected chi connectivity index (χ2v) is 14.4. The van der Waals surface area contributed by atoms with Gasteiger partial charge in [-0.2, -0.15) is 0 Å². The molecule has 2 aromatic rings. The molecule has 1 amide bonds. The van der Waals surface area contributed by atoms with Gasteiger partial charge in [0.1, 0.15) is 6.29 Å². The van der Waals surface area contributed by atoms with Gasteiger partial charge in [0.2, 0.25) is 5.91 Å². The van der Waals surface area contributed by atoms with E-state index in [9.17, 15) is 9.59 Å². The van der Waals surface area contributed by atoms with Crippen LogP contribution in [-0.4, -0.2) is 57.0 Å². The van der Waals surface area contributed by atoms with E-state index in [0.717, 1.165) is 71.4 Å². The summed E-state index contributed by atoms with van der Waals surface area (Å²) in [6, 6.07) is 7.88. The van der Waals surface area contributed by atoms with Crippen LogP contribution in [0.5, 0.6) is 0 Å². The lowest BCUT2D eigenvalue weighted by molar-refractivity contribution is -0.115. The number of nitrogens with zero attached hydrogens (tertiary/aromatic N) is 1. The average molecular weight is 746 g/mol. The Kier molecular flexibility index (Phi) is 22.0. The fourth-order valence-electron chi connectivity index (χ4n) is 5.36. The topological polar surface area (TPSA) is 109 Å². The quantitative estimate of drug-likeness (QED) is 0.0421. The number of aldehydes is 1. The van der Waals surface area contributed by atoms with Crippen LogP contribution in [0, 0.1) is 5.92 Å². The van der Waals surface area contributed by atoms with Crippen molar-refractivity contribution in [2.75, 3.05) is 44.8 Å². The van der Waals surface area contributed by atoms with Gasteiger partial charge in [-0.3, -0.25) is 4.79 Å². The predicted molar refractivity (Wildman–Crippen MR) is 229 cm³/mol. The number of ether oxygens (including phenoxy) is 1. The lowest BCUT2D eigenvalue weighted by Crippen LogP contribution is -2.23. The number of rotatable bonds is 17. The second-order valence-electron chi connectivity index (χ2n) is 13.4. The highest BCUT2D eigenvalue weighted by atomic mass is 32.1. The van der Waals surface area contributed by atoms with Gasteiger partial charge in [0.15, 0.2) is 0 Å². The van der Waals surface area contributed by atoms with Crippen LogP contribution in [0.15, 0.2) is 102 Å². The fourth-order valence-corrected chi connectivity index (χ4v) is 6.28. The number of methoxy groups -OCH3 is 1. The summed E-state index contributed by atoms with van der Waals surface area (Å²) in [7, 11) is 3.80. The van der Waals surface area contributed by atoms with Crippen molar-refractivity contribution in [3.05, 3.63) is 118 Å². The van der Waals surface area contributed by atoms with Gasteiger partial charge < -0.3 is 36.1 Å². The van der Waals surface area contributed by atoms with Gasteiger partial charge in [0, 0.05) is 37.0 Å². The van der Waals surface area contributed by atoms with Crippen LogP contribution in [0.4, 0.5) is 11.4 Å². The molecule has 8 nitrogen and oxygen atoms in total. The molecular formula is C44H67N5O3S. The molecule has 1 aromatic heterocycles. The number of likely N-dealkylation sites (N-methyl/N-ethyl adjacent to an activating group) is 1. The Balaban J connectivity index is 0.000000391. The Morgan fingerprint density at radius 3 is 2.43 bits per heavy atom. The molecule has 5 N–H and O–H groups in total. The van der Waals surface area contributed by atoms with Gasteiger partial charge in [-0.15, -0.1) is 11.3 Å². The van der Waals surface area contributed by atoms with Crippen LogP contribution < -0.4 is 21.7 Å². The SMILES string of the molecule is C/C=C(\C)CNCCc1ccc(N)c2c1CC(=O)N2.C/C=C\C=C(/C)C(C)(C=O)c1cccs1.C=C(C)NC(=C)CN(C)/C=C/C(OC)C1CC1.CC. The number of fused-ring (bicyclic) bond motifs is 1. The zero-order valence-corrected chi connectivity index (χ0v) is 34.9. The van der Waals surface area contributed by atoms with Crippen molar-refractivity contribution in [3.63, 3.8) is 0 Å². The van der Waals surface area contributed by atoms with Crippen LogP contribution in [0.3, 0.4) is 0 Å². The highest BCUT2D eigenvalue weighted by molar-refractivity contribution is 7.10. The van der Waals surface area contributed by atoms with E-state index in [-0.39, 0.29) is 12.0 Å². The number of hydrogen-bond acceptors (Lipinski definition) is 8. The van der Waals surface area contributed by atoms with Gasteiger partial charge in [-0.1, -0.05) is 74.6 Å². The number of hydrogen-bond donors (Lipinski definition) is 4. The summed E-state index contributed by atoms with van der Waals surface area (Å²) in [5, 5.41) is 11.3. The van der Waals surface area contributed by atoms with E-state index in [1.807, 2.05) is 103 Å². The summed E-state index contributed by atoms with van der Waals surface area (Å²) in [6.07, 6.45) is 17.4. The molecule has 0 bridgehead atoms. The Labute approximate surface area is 325 Å². The number of thiophene rings is 1. The van der Waals surface area contributed by atoms with E-state index in [1.165, 1.54) is 24.0 Å². The number of nitrogens with one attached hydrogen (secondary N) is 3. The van der Waals surface area contributed by atoms with Crippen LogP contribution in [0.2, 0.25) is 0 Å². The van der Waals surface area contributed by atoms with Crippen molar-refractivity contribution < 1.29 is 14.3 Å². The molecule has 2 atom stereocenters. The van der Waals surface area contributed by atoms with E-state index in [2.05, 4.69) is 59.3 Å². The third kappa shape index (κ3) is 16.6. The van der Waals surface area contributed by atoms with E-state index < -0.39 is 5.41 Å². The minimum atomic E-state index is -0.478. The zero-order valence-electron chi connectivity index (χ0n) is 34.1. The van der Waals surface area contributed by atoms with E-state index in [0.29, 0.717) is 12.1 Å². The number of allylic oxidation sites excluding steroid dienone is 6. The molecule has 0 saturated heterocycles. The molecule has 1 fully saturated rings. The Hall–Kier alpha value is -4.18. The molecule has 53 heavy (non-hydrogen) atoms. The van der Waals surface area contributed by atoms with Crippen molar-refractivity contribution in [2.24, 2.45) is 5.92 Å². The number of carbonyl (C=O) groups excluding carboxylic acids is 2. The molecule has 1 aliphatic heterocycles. The van der Waals surface area contributed by atoms with Crippen molar-refractivity contribution in [3.8, 4) is 0 Å². The maximum absolute atomic E-state index is 11.5. The third-order valence-corrected chi connectivity index (χ3v) is 9.96. The number of amides is 1. The van der Waals surface area contributed by atoms with Crippen LogP contribution in [0.1, 0.15) is 84.2 Å². The molecule has 1 saturated carbocycles. The monoisotopic (exact) mass is 745 g/mol. The van der Waals surface area contributed by atoms with Gasteiger partial charge in [-0.05, 0) is 114 Å². The molecule has 0 spiro atoms. The smallest absolute Gasteiger partial charge is 0.228 e. The van der Waals surface area contributed by atoms with Crippen molar-refractivity contribution in [1.29, 1.82) is 0 Å². The summed E-state index contributed by atoms with van der Waals surface area (Å²) >= 11 is 1.62. The maximum atomic E-state index is 11.5. The number of carbonyl (C=O) groups is 2. The minimum absolute atomic E-state index is 0.0341. The minimum Gasteiger partial charge on any atom is -0.397 e. The number of nitrogen functional groups attached to an aromatic ring is 1. The molecule has 2 unspecified atom stereocenters. The Morgan fingerprint density at radius 1 is 1.19 bits per heavy atom. The summed E-state index contributed by atoms with van der Waals surface area (Å²) in [5.74, 6) is 0.758. The largest absolute Gasteiger partial charge is 0.397 e. The van der Waals surface area contributed by atoms with Crippen LogP contribution >= 0.6 is 11.3 Å². The molecule has 9 heteroatoms. The molecule has 0 radical (unpaired) electrons. The van der Waals surface area contributed by atoms with Crippen molar-refractivity contribution in [2.45, 2.75) is 92.6 Å². The zero-order chi connectivity index (χ0) is 40.0. The molecule has 2 aliphatic rings. The van der Waals surface area contributed by atoms with Gasteiger partial charge in [0.05, 0.1) is 35.9 Å². The first kappa shape index (κ1) is 46.8. The lowest BCUT2D eigenvalue weighted by atomic mass is 9.82. The fraction of sp³-hybridized carbons (Fsp3) is 0.455. The van der Waals surface area contributed by atoms with E-state index >= 15 is 0 Å². The Bertz CT molecular complexity index is 1570. The normalized spacial score (nSPS) is 15.4. The highest BCUT2D eigenvalue weighted by Crippen LogP contribution is 2.35. The first-order chi connectivity index (χ1) is 25.3. The summed E-state index contributed by atoms with van der Waals surface area (Å²) in [6.45, 7) is 26.3. The van der Waals surface area contributed by atoms with E-state index in [1.54, 1.807) is 18.4 Å². The molecule has 292 valence electrons. The third-order valence-electron chi connectivity index (χ3n) is 8.86. The van der Waals surface area contributed by atoms with Crippen molar-refractivity contribution in [1.82, 2.24) is 15.5 Å². The first-order valence-corrected chi connectivity index (χ1v) is 19.5. The number of anilines is 2. The standard InChI is InChI=1S/C15H21N3O.C14H24N2O.C13H16OS.C2H6/c1-3-10(2)9-17-7-6-11-4-5-13(16)15-12(11)8-14(19)18-15;1-11(2)15-12(3)10-16(4)9-8-14(17-5)13-6-7-13;1-4-5-7-11(2)13(3,10-14)12-8-6-9-15-12;1-2/h3-5,17H,6-9,16H2,1-2H3,(H,18,19);8-9,13-15H,1,3,6-7,10H2,2,4-5H3;4-10H,1-3H3;1-2H3/b10-3+;9-8+;5-4-,11-7+;. The van der Waals surface area contributed by atoms with Crippen molar-refractivity contribution >= 4 is 34.9 Å². The van der Waals surface area contributed by atoms with Crippen LogP contribution in [-0.2, 0) is 32.6 Å². The summed E-state index contributed by atoms with van der Waals surface area (Å²) in [5.41, 5.74) is 13.4. The lowest BCUT2D eigenvalue weighted by Gasteiger charge is -2.22. The predicted octanol–water partition coefficient (Wildman–Crippen LogP) is 9.11. The molecule has 4 rings (SSSR count). The average Bonchev–Trinajstić information content (AvgIpc) is 3.65. The number of nitrogens with two attached hydrogens (primary N) is 1. The Morgan fingerprint density at radius 2 is 1.89 bits per heavy atom. The molecule has 2 heterocycles. The van der Waals surface area contributed by atoms with Crippen LogP contribution in [0.25, 0.3) is 0 Å². The molecule has 1 aromatic carbocycles. The van der Waals surface area contributed by atoms with Gasteiger partial charge in [-0.25, -0.2) is 0 Å². The molecular weight excluding hydrogens is 679 g/mol. The number of benzene rings is 1. The molecule has 1 aliphatic carbocycles. The van der Waals surface area contributed by atoms with E-state index in [4.69, 9.17) is 10.5 Å². The van der Waals surface area contributed by atoms with Gasteiger partial charge in [0.25, 0.3) is 0 Å². The highest BCUT2D eigenvalue weighted by Gasteiger charge is 2.30. The second kappa shape index (κ2) is 24.9. The maximum Gasteiger partial charge on any atom is 0.228 e. The first-order valence-electron chi connectivity index (χ1n) is 18.6.